The van der Waals surface area contributed by atoms with Gasteiger partial charge >= 0.3 is 6.18 Å². The fourth-order valence-corrected chi connectivity index (χ4v) is 4.09. The Morgan fingerprint density at radius 2 is 1.74 bits per heavy atom. The number of aromatic amines is 1. The van der Waals surface area contributed by atoms with E-state index in [1.54, 1.807) is 6.07 Å². The van der Waals surface area contributed by atoms with Gasteiger partial charge in [-0.3, -0.25) is 4.79 Å². The lowest BCUT2D eigenvalue weighted by molar-refractivity contribution is -0.137. The van der Waals surface area contributed by atoms with Crippen LogP contribution < -0.4 is 14.8 Å². The highest BCUT2D eigenvalue weighted by Gasteiger charge is 2.31. The Balaban J connectivity index is 1.71. The molecule has 34 heavy (non-hydrogen) atoms. The summed E-state index contributed by atoms with van der Waals surface area (Å²) in [6.07, 6.45) is -2.67. The lowest BCUT2D eigenvalue weighted by Gasteiger charge is -2.22. The van der Waals surface area contributed by atoms with E-state index in [9.17, 15) is 18.0 Å². The molecule has 1 unspecified atom stereocenters. The summed E-state index contributed by atoms with van der Waals surface area (Å²) in [5.41, 5.74) is 1.67. The maximum atomic E-state index is 13.1. The van der Waals surface area contributed by atoms with Crippen LogP contribution in [0.1, 0.15) is 33.0 Å². The topological polar surface area (TPSA) is 63.3 Å². The lowest BCUT2D eigenvalue weighted by atomic mass is 9.89. The highest BCUT2D eigenvalue weighted by molar-refractivity contribution is 5.94. The first kappa shape index (κ1) is 23.2. The second-order valence-electron chi connectivity index (χ2n) is 7.71. The van der Waals surface area contributed by atoms with E-state index in [0.29, 0.717) is 11.5 Å². The van der Waals surface area contributed by atoms with Crippen LogP contribution in [0.4, 0.5) is 13.2 Å². The van der Waals surface area contributed by atoms with E-state index in [0.717, 1.165) is 34.2 Å². The molecule has 2 N–H and O–H groups in total. The molecule has 0 fully saturated rings. The zero-order valence-electron chi connectivity index (χ0n) is 18.6. The number of hydrogen-bond acceptors (Lipinski definition) is 3. The standard InChI is InChI=1S/C26H23F3N2O3/c1-33-23-12-6-10-19(24(23)34-2)21(20-14-30-22-11-4-3-9-18(20)22)15-31-25(32)16-7-5-8-17(13-16)26(27,28)29/h3-14,21,30H,15H2,1-2H3,(H,31,32). The number of nitrogens with one attached hydrogen (secondary N) is 2. The van der Waals surface area contributed by atoms with Gasteiger partial charge in [-0.1, -0.05) is 36.4 Å². The Bertz CT molecular complexity index is 1310. The molecule has 1 heterocycles. The second kappa shape index (κ2) is 9.51. The molecule has 1 aromatic heterocycles. The minimum atomic E-state index is -4.53. The number of carbonyl (C=O) groups is 1. The molecule has 0 aliphatic heterocycles. The zero-order valence-corrected chi connectivity index (χ0v) is 18.6. The molecule has 0 radical (unpaired) electrons. The van der Waals surface area contributed by atoms with Crippen molar-refractivity contribution in [3.63, 3.8) is 0 Å². The Kier molecular flexibility index (Phi) is 6.49. The maximum Gasteiger partial charge on any atom is 0.416 e. The van der Waals surface area contributed by atoms with Gasteiger partial charge in [-0.15, -0.1) is 0 Å². The van der Waals surface area contributed by atoms with Crippen LogP contribution in [0.3, 0.4) is 0 Å². The highest BCUT2D eigenvalue weighted by Crippen LogP contribution is 2.40. The maximum absolute atomic E-state index is 13.1. The molecule has 0 saturated heterocycles. The third kappa shape index (κ3) is 4.57. The first-order valence-electron chi connectivity index (χ1n) is 10.6. The summed E-state index contributed by atoms with van der Waals surface area (Å²) < 4.78 is 50.4. The number of benzene rings is 3. The number of amides is 1. The van der Waals surface area contributed by atoms with Crippen LogP contribution in [-0.4, -0.2) is 31.7 Å². The number of para-hydroxylation sites is 2. The third-order valence-corrected chi connectivity index (χ3v) is 5.72. The molecule has 0 aliphatic carbocycles. The van der Waals surface area contributed by atoms with E-state index < -0.39 is 17.6 Å². The number of halogens is 3. The number of ether oxygens (including phenoxy) is 2. The van der Waals surface area contributed by atoms with Crippen molar-refractivity contribution in [1.82, 2.24) is 10.3 Å². The molecule has 8 heteroatoms. The molecular formula is C26H23F3N2O3. The normalized spacial score (nSPS) is 12.4. The first-order chi connectivity index (χ1) is 16.3. The largest absolute Gasteiger partial charge is 0.493 e. The summed E-state index contributed by atoms with van der Waals surface area (Å²) in [5.74, 6) is 0.0939. The predicted octanol–water partition coefficient (Wildman–Crippen LogP) is 5.77. The molecule has 176 valence electrons. The summed E-state index contributed by atoms with van der Waals surface area (Å²) in [4.78, 5) is 16.1. The quantitative estimate of drug-likeness (QED) is 0.362. The van der Waals surface area contributed by atoms with Crippen LogP contribution in [0.2, 0.25) is 0 Å². The van der Waals surface area contributed by atoms with Gasteiger partial charge < -0.3 is 19.8 Å². The summed E-state index contributed by atoms with van der Waals surface area (Å²) in [6.45, 7) is 0.125. The molecule has 5 nitrogen and oxygen atoms in total. The van der Waals surface area contributed by atoms with Crippen molar-refractivity contribution < 1.29 is 27.4 Å². The molecule has 1 atom stereocenters. The van der Waals surface area contributed by atoms with Crippen LogP contribution in [0.5, 0.6) is 11.5 Å². The van der Waals surface area contributed by atoms with E-state index in [4.69, 9.17) is 9.47 Å². The fraction of sp³-hybridized carbons (Fsp3) is 0.192. The number of methoxy groups -OCH3 is 2. The first-order valence-corrected chi connectivity index (χ1v) is 10.6. The van der Waals surface area contributed by atoms with E-state index in [1.807, 2.05) is 42.6 Å². The minimum Gasteiger partial charge on any atom is -0.493 e. The van der Waals surface area contributed by atoms with Gasteiger partial charge in [0.2, 0.25) is 0 Å². The van der Waals surface area contributed by atoms with Crippen LogP contribution in [0.25, 0.3) is 10.9 Å². The van der Waals surface area contributed by atoms with Crippen molar-refractivity contribution in [1.29, 1.82) is 0 Å². The van der Waals surface area contributed by atoms with Crippen molar-refractivity contribution in [2.24, 2.45) is 0 Å². The van der Waals surface area contributed by atoms with E-state index in [2.05, 4.69) is 10.3 Å². The van der Waals surface area contributed by atoms with Gasteiger partial charge in [0.15, 0.2) is 11.5 Å². The molecule has 0 saturated carbocycles. The number of fused-ring (bicyclic) bond motifs is 1. The average molecular weight is 468 g/mol. The van der Waals surface area contributed by atoms with Gasteiger partial charge in [-0.05, 0) is 35.9 Å². The van der Waals surface area contributed by atoms with Crippen LogP contribution in [0, 0.1) is 0 Å². The molecule has 4 rings (SSSR count). The number of carbonyl (C=O) groups excluding carboxylic acids is 1. The van der Waals surface area contributed by atoms with Crippen molar-refractivity contribution in [3.8, 4) is 11.5 Å². The Morgan fingerprint density at radius 1 is 0.971 bits per heavy atom. The molecular weight excluding hydrogens is 445 g/mol. The second-order valence-corrected chi connectivity index (χ2v) is 7.71. The number of aromatic nitrogens is 1. The monoisotopic (exact) mass is 468 g/mol. The SMILES string of the molecule is COc1cccc(C(CNC(=O)c2cccc(C(F)(F)F)c2)c2c[nH]c3ccccc23)c1OC. The molecule has 1 amide bonds. The molecule has 0 spiro atoms. The third-order valence-electron chi connectivity index (χ3n) is 5.72. The van der Waals surface area contributed by atoms with Crippen LogP contribution in [-0.2, 0) is 6.18 Å². The van der Waals surface area contributed by atoms with Gasteiger partial charge in [0, 0.05) is 40.7 Å². The summed E-state index contributed by atoms with van der Waals surface area (Å²) in [7, 11) is 3.08. The van der Waals surface area contributed by atoms with Crippen molar-refractivity contribution in [2.45, 2.75) is 12.1 Å². The Morgan fingerprint density at radius 3 is 2.47 bits per heavy atom. The molecule has 0 aliphatic rings. The number of H-pyrrole nitrogens is 1. The van der Waals surface area contributed by atoms with E-state index in [-0.39, 0.29) is 18.0 Å². The summed E-state index contributed by atoms with van der Waals surface area (Å²) in [5, 5.41) is 3.77. The predicted molar refractivity (Wildman–Crippen MR) is 123 cm³/mol. The Labute approximate surface area is 194 Å². The van der Waals surface area contributed by atoms with Crippen molar-refractivity contribution in [2.75, 3.05) is 20.8 Å². The Hall–Kier alpha value is -3.94. The van der Waals surface area contributed by atoms with E-state index in [1.165, 1.54) is 26.4 Å². The number of hydrogen-bond donors (Lipinski definition) is 2. The van der Waals surface area contributed by atoms with Crippen LogP contribution in [0.15, 0.2) is 72.9 Å². The number of alkyl halides is 3. The van der Waals surface area contributed by atoms with Gasteiger partial charge in [0.1, 0.15) is 0 Å². The zero-order chi connectivity index (χ0) is 24.3. The minimum absolute atomic E-state index is 0.0647. The fourth-order valence-electron chi connectivity index (χ4n) is 4.09. The summed E-state index contributed by atoms with van der Waals surface area (Å²) in [6, 6.07) is 17.6. The lowest BCUT2D eigenvalue weighted by Crippen LogP contribution is -2.29. The van der Waals surface area contributed by atoms with Gasteiger partial charge in [-0.2, -0.15) is 13.2 Å². The summed E-state index contributed by atoms with van der Waals surface area (Å²) >= 11 is 0. The van der Waals surface area contributed by atoms with Crippen molar-refractivity contribution in [3.05, 3.63) is 95.2 Å². The van der Waals surface area contributed by atoms with Gasteiger partial charge in [0.05, 0.1) is 19.8 Å². The van der Waals surface area contributed by atoms with Gasteiger partial charge in [0.25, 0.3) is 5.91 Å². The molecule has 0 bridgehead atoms. The average Bonchev–Trinajstić information content (AvgIpc) is 3.27. The molecule has 4 aromatic rings. The van der Waals surface area contributed by atoms with E-state index >= 15 is 0 Å². The smallest absolute Gasteiger partial charge is 0.416 e. The molecule has 3 aromatic carbocycles. The van der Waals surface area contributed by atoms with Crippen molar-refractivity contribution >= 4 is 16.8 Å². The van der Waals surface area contributed by atoms with Gasteiger partial charge in [-0.25, -0.2) is 0 Å². The highest BCUT2D eigenvalue weighted by atomic mass is 19.4. The number of rotatable bonds is 7. The van der Waals surface area contributed by atoms with Crippen LogP contribution >= 0.6 is 0 Å².